The predicted octanol–water partition coefficient (Wildman–Crippen LogP) is -0.333. The van der Waals surface area contributed by atoms with Gasteiger partial charge >= 0.3 is 0 Å². The molecule has 1 heterocycles. The average Bonchev–Trinajstić information content (AvgIpc) is 2.81. The molecular formula is C12H21N5O2. The smallest absolute Gasteiger partial charge is 0.242 e. The molecule has 0 aromatic carbocycles. The Bertz CT molecular complexity index is 457. The molecule has 7 nitrogen and oxygen atoms in total. The minimum atomic E-state index is -0.0684. The molecule has 1 aliphatic carbocycles. The van der Waals surface area contributed by atoms with Crippen LogP contribution in [0.1, 0.15) is 26.0 Å². The first kappa shape index (κ1) is 14.0. The number of nitrogens with two attached hydrogens (primary N) is 1. The van der Waals surface area contributed by atoms with Crippen LogP contribution in [0.5, 0.6) is 0 Å². The number of aromatic nitrogens is 3. The van der Waals surface area contributed by atoms with E-state index in [0.29, 0.717) is 12.2 Å². The van der Waals surface area contributed by atoms with E-state index in [-0.39, 0.29) is 30.0 Å². The molecule has 1 aliphatic rings. The van der Waals surface area contributed by atoms with Crippen molar-refractivity contribution in [1.29, 1.82) is 0 Å². The molecule has 1 amide bonds. The molecule has 2 atom stereocenters. The van der Waals surface area contributed by atoms with Gasteiger partial charge in [0.1, 0.15) is 6.54 Å². The zero-order valence-electron chi connectivity index (χ0n) is 11.6. The van der Waals surface area contributed by atoms with Crippen LogP contribution in [0, 0.1) is 5.41 Å². The lowest BCUT2D eigenvalue weighted by Crippen LogP contribution is -2.62. The molecule has 0 bridgehead atoms. The monoisotopic (exact) mass is 267 g/mol. The summed E-state index contributed by atoms with van der Waals surface area (Å²) >= 11 is 0. The van der Waals surface area contributed by atoms with Crippen LogP contribution in [-0.2, 0) is 22.6 Å². The molecular weight excluding hydrogens is 246 g/mol. The summed E-state index contributed by atoms with van der Waals surface area (Å²) in [7, 11) is 1.70. The van der Waals surface area contributed by atoms with Gasteiger partial charge in [-0.15, -0.1) is 5.10 Å². The molecule has 1 saturated carbocycles. The van der Waals surface area contributed by atoms with Crippen molar-refractivity contribution in [2.75, 3.05) is 7.11 Å². The lowest BCUT2D eigenvalue weighted by molar-refractivity contribution is -0.133. The summed E-state index contributed by atoms with van der Waals surface area (Å²) in [6.45, 7) is 4.68. The predicted molar refractivity (Wildman–Crippen MR) is 69.0 cm³/mol. The second kappa shape index (κ2) is 5.26. The fraction of sp³-hybridized carbons (Fsp3) is 0.750. The van der Waals surface area contributed by atoms with Crippen molar-refractivity contribution < 1.29 is 9.53 Å². The van der Waals surface area contributed by atoms with Crippen LogP contribution in [0.2, 0.25) is 0 Å². The van der Waals surface area contributed by atoms with Gasteiger partial charge in [-0.05, 0) is 6.42 Å². The molecule has 19 heavy (non-hydrogen) atoms. The van der Waals surface area contributed by atoms with Gasteiger partial charge in [0.15, 0.2) is 0 Å². The normalized spacial score (nSPS) is 24.8. The summed E-state index contributed by atoms with van der Waals surface area (Å²) in [6.07, 6.45) is 2.73. The standard InChI is InChI=1S/C12H21N5O2/c1-12(2)9(4-10(12)19-3)14-11(18)7-17-6-8(5-13)15-16-17/h6,9-10H,4-5,7,13H2,1-3H3,(H,14,18). The van der Waals surface area contributed by atoms with Crippen molar-refractivity contribution in [2.45, 2.75) is 45.5 Å². The number of rotatable bonds is 5. The van der Waals surface area contributed by atoms with E-state index < -0.39 is 0 Å². The number of amides is 1. The minimum Gasteiger partial charge on any atom is -0.381 e. The molecule has 106 valence electrons. The zero-order chi connectivity index (χ0) is 14.0. The Labute approximate surface area is 112 Å². The third-order valence-electron chi connectivity index (χ3n) is 3.90. The number of carbonyl (C=O) groups excluding carboxylic acids is 1. The van der Waals surface area contributed by atoms with E-state index in [1.807, 2.05) is 0 Å². The van der Waals surface area contributed by atoms with E-state index >= 15 is 0 Å². The topological polar surface area (TPSA) is 95.1 Å². The molecule has 2 unspecified atom stereocenters. The van der Waals surface area contributed by atoms with Crippen molar-refractivity contribution in [2.24, 2.45) is 11.1 Å². The quantitative estimate of drug-likeness (QED) is 0.761. The van der Waals surface area contributed by atoms with Crippen LogP contribution >= 0.6 is 0 Å². The third-order valence-corrected chi connectivity index (χ3v) is 3.90. The van der Waals surface area contributed by atoms with Crippen LogP contribution in [-0.4, -0.2) is 40.2 Å². The van der Waals surface area contributed by atoms with Gasteiger partial charge in [-0.3, -0.25) is 4.79 Å². The number of hydrogen-bond acceptors (Lipinski definition) is 5. The Morgan fingerprint density at radius 1 is 1.68 bits per heavy atom. The lowest BCUT2D eigenvalue weighted by Gasteiger charge is -2.51. The van der Waals surface area contributed by atoms with Gasteiger partial charge in [0.2, 0.25) is 5.91 Å². The Hall–Kier alpha value is -1.47. The molecule has 0 aliphatic heterocycles. The molecule has 0 saturated heterocycles. The summed E-state index contributed by atoms with van der Waals surface area (Å²) in [5, 5.41) is 10.7. The zero-order valence-corrected chi connectivity index (χ0v) is 11.6. The SMILES string of the molecule is COC1CC(NC(=O)Cn2cc(CN)nn2)C1(C)C. The molecule has 0 spiro atoms. The highest BCUT2D eigenvalue weighted by Gasteiger charge is 2.49. The Morgan fingerprint density at radius 2 is 2.42 bits per heavy atom. The number of nitrogens with zero attached hydrogens (tertiary/aromatic N) is 3. The highest BCUT2D eigenvalue weighted by molar-refractivity contribution is 5.76. The first-order valence-electron chi connectivity index (χ1n) is 6.38. The Morgan fingerprint density at radius 3 is 2.95 bits per heavy atom. The largest absolute Gasteiger partial charge is 0.381 e. The minimum absolute atomic E-state index is 0.0325. The highest BCUT2D eigenvalue weighted by Crippen LogP contribution is 2.42. The van der Waals surface area contributed by atoms with Crippen LogP contribution < -0.4 is 11.1 Å². The molecule has 1 fully saturated rings. The first-order valence-corrected chi connectivity index (χ1v) is 6.38. The molecule has 1 aromatic heterocycles. The summed E-state index contributed by atoms with van der Waals surface area (Å²) < 4.78 is 6.85. The molecule has 1 aromatic rings. The van der Waals surface area contributed by atoms with Crippen LogP contribution in [0.25, 0.3) is 0 Å². The fourth-order valence-electron chi connectivity index (χ4n) is 2.43. The molecule has 7 heteroatoms. The van der Waals surface area contributed by atoms with Gasteiger partial charge < -0.3 is 15.8 Å². The maximum Gasteiger partial charge on any atom is 0.242 e. The van der Waals surface area contributed by atoms with E-state index in [2.05, 4.69) is 29.5 Å². The van der Waals surface area contributed by atoms with E-state index in [1.54, 1.807) is 13.3 Å². The summed E-state index contributed by atoms with van der Waals surface area (Å²) in [5.41, 5.74) is 6.09. The van der Waals surface area contributed by atoms with Gasteiger partial charge in [0, 0.05) is 25.1 Å². The molecule has 3 N–H and O–H groups in total. The number of carbonyl (C=O) groups is 1. The summed E-state index contributed by atoms with van der Waals surface area (Å²) in [5.74, 6) is -0.0684. The second-order valence-electron chi connectivity index (χ2n) is 5.51. The van der Waals surface area contributed by atoms with Crippen LogP contribution in [0.3, 0.4) is 0 Å². The van der Waals surface area contributed by atoms with Gasteiger partial charge in [0.25, 0.3) is 0 Å². The van der Waals surface area contributed by atoms with E-state index in [9.17, 15) is 4.79 Å². The average molecular weight is 267 g/mol. The van der Waals surface area contributed by atoms with Gasteiger partial charge in [-0.2, -0.15) is 0 Å². The number of methoxy groups -OCH3 is 1. The molecule has 2 rings (SSSR count). The number of nitrogens with one attached hydrogen (secondary N) is 1. The second-order valence-corrected chi connectivity index (χ2v) is 5.51. The maximum atomic E-state index is 11.9. The summed E-state index contributed by atoms with van der Waals surface area (Å²) in [6, 6.07) is 0.141. The van der Waals surface area contributed by atoms with Crippen molar-refractivity contribution in [1.82, 2.24) is 20.3 Å². The lowest BCUT2D eigenvalue weighted by atomic mass is 9.64. The Kier molecular flexibility index (Phi) is 3.86. The van der Waals surface area contributed by atoms with E-state index in [0.717, 1.165) is 6.42 Å². The van der Waals surface area contributed by atoms with Gasteiger partial charge in [0.05, 0.1) is 18.0 Å². The first-order chi connectivity index (χ1) is 8.97. The number of ether oxygens (including phenoxy) is 1. The maximum absolute atomic E-state index is 11.9. The fourth-order valence-corrected chi connectivity index (χ4v) is 2.43. The Balaban J connectivity index is 1.85. The highest BCUT2D eigenvalue weighted by atomic mass is 16.5. The van der Waals surface area contributed by atoms with E-state index in [1.165, 1.54) is 4.68 Å². The molecule has 0 radical (unpaired) electrons. The van der Waals surface area contributed by atoms with Crippen molar-refractivity contribution >= 4 is 5.91 Å². The van der Waals surface area contributed by atoms with Crippen molar-refractivity contribution in [3.05, 3.63) is 11.9 Å². The van der Waals surface area contributed by atoms with Gasteiger partial charge in [-0.1, -0.05) is 19.1 Å². The van der Waals surface area contributed by atoms with Crippen molar-refractivity contribution in [3.8, 4) is 0 Å². The van der Waals surface area contributed by atoms with Gasteiger partial charge in [-0.25, -0.2) is 4.68 Å². The number of hydrogen-bond donors (Lipinski definition) is 2. The van der Waals surface area contributed by atoms with E-state index in [4.69, 9.17) is 10.5 Å². The third kappa shape index (κ3) is 2.76. The van der Waals surface area contributed by atoms with Crippen LogP contribution in [0.15, 0.2) is 6.20 Å². The van der Waals surface area contributed by atoms with Crippen LogP contribution in [0.4, 0.5) is 0 Å². The van der Waals surface area contributed by atoms with Crippen molar-refractivity contribution in [3.63, 3.8) is 0 Å². The summed E-state index contributed by atoms with van der Waals surface area (Å²) in [4.78, 5) is 11.9.